The van der Waals surface area contributed by atoms with Gasteiger partial charge in [0, 0.05) is 13.1 Å². The highest BCUT2D eigenvalue weighted by molar-refractivity contribution is 7.92. The minimum Gasteiger partial charge on any atom is -0.341 e. The summed E-state index contributed by atoms with van der Waals surface area (Å²) in [7, 11) is -8.31. The van der Waals surface area contributed by atoms with E-state index in [0.29, 0.717) is 0 Å². The molecule has 1 aliphatic rings. The van der Waals surface area contributed by atoms with Gasteiger partial charge in [0.1, 0.15) is 17.5 Å². The van der Waals surface area contributed by atoms with Crippen molar-refractivity contribution in [3.05, 3.63) is 59.9 Å². The van der Waals surface area contributed by atoms with Gasteiger partial charge in [-0.1, -0.05) is 6.07 Å². The third-order valence-electron chi connectivity index (χ3n) is 4.98. The average Bonchev–Trinajstić information content (AvgIpc) is 2.72. The first-order chi connectivity index (χ1) is 14.5. The molecule has 12 heteroatoms. The van der Waals surface area contributed by atoms with Crippen LogP contribution in [0.25, 0.3) is 0 Å². The van der Waals surface area contributed by atoms with Crippen LogP contribution in [0.4, 0.5) is 13.2 Å². The molecule has 3 rings (SSSR count). The summed E-state index contributed by atoms with van der Waals surface area (Å²) in [5.74, 6) is -3.78. The largest absolute Gasteiger partial charge is 0.341 e. The Balaban J connectivity index is 1.60. The fraction of sp³-hybridized carbons (Fsp3) is 0.316. The van der Waals surface area contributed by atoms with Crippen molar-refractivity contribution >= 4 is 25.8 Å². The van der Waals surface area contributed by atoms with E-state index in [0.717, 1.165) is 30.3 Å². The molecule has 2 aromatic rings. The Morgan fingerprint density at radius 3 is 2.03 bits per heavy atom. The van der Waals surface area contributed by atoms with Gasteiger partial charge in [0.15, 0.2) is 14.7 Å². The molecule has 0 saturated carbocycles. The number of carbonyl (C=O) groups excluding carboxylic acids is 1. The number of sulfone groups is 1. The molecule has 168 valence electrons. The minimum atomic E-state index is -4.60. The Bertz CT molecular complexity index is 1160. The number of amides is 1. The van der Waals surface area contributed by atoms with Gasteiger partial charge in [-0.05, 0) is 49.2 Å². The molecule has 31 heavy (non-hydrogen) atoms. The van der Waals surface area contributed by atoms with Crippen molar-refractivity contribution in [3.63, 3.8) is 0 Å². The number of nitrogens with zero attached hydrogens (tertiary/aromatic N) is 1. The van der Waals surface area contributed by atoms with Crippen LogP contribution in [0, 0.1) is 17.5 Å². The molecule has 0 unspecified atom stereocenters. The Labute approximate surface area is 177 Å². The van der Waals surface area contributed by atoms with Crippen molar-refractivity contribution in [3.8, 4) is 0 Å². The van der Waals surface area contributed by atoms with E-state index in [1.165, 1.54) is 17.0 Å². The molecule has 1 saturated heterocycles. The molecule has 1 fully saturated rings. The second-order valence-corrected chi connectivity index (χ2v) is 10.9. The number of sulfonamides is 1. The number of nitrogens with one attached hydrogen (secondary N) is 1. The second kappa shape index (κ2) is 8.97. The number of halogens is 3. The maximum absolute atomic E-state index is 13.7. The quantitative estimate of drug-likeness (QED) is 0.642. The van der Waals surface area contributed by atoms with Crippen LogP contribution in [0.1, 0.15) is 12.8 Å². The lowest BCUT2D eigenvalue weighted by molar-refractivity contribution is -0.130. The summed E-state index contributed by atoms with van der Waals surface area (Å²) < 4.78 is 92.0. The number of piperidine rings is 1. The Kier molecular flexibility index (Phi) is 6.72. The number of rotatable bonds is 6. The number of benzene rings is 2. The van der Waals surface area contributed by atoms with Crippen molar-refractivity contribution in [2.24, 2.45) is 0 Å². The van der Waals surface area contributed by atoms with E-state index in [1.54, 1.807) is 0 Å². The number of hydrogen-bond acceptors (Lipinski definition) is 5. The Morgan fingerprint density at radius 1 is 0.935 bits per heavy atom. The standard InChI is InChI=1S/C19H19F3N2O5S2/c20-13-4-6-14(7-5-13)30(26,27)15-8-10-24(11-9-15)18(25)12-23-31(28,29)19-16(21)2-1-3-17(19)22/h1-7,15,23H,8-12H2. The van der Waals surface area contributed by atoms with Crippen molar-refractivity contribution < 1.29 is 34.8 Å². The maximum Gasteiger partial charge on any atom is 0.246 e. The van der Waals surface area contributed by atoms with Crippen LogP contribution in [0.15, 0.2) is 52.3 Å². The fourth-order valence-corrected chi connectivity index (χ4v) is 6.15. The van der Waals surface area contributed by atoms with E-state index in [9.17, 15) is 34.8 Å². The average molecular weight is 476 g/mol. The van der Waals surface area contributed by atoms with Gasteiger partial charge >= 0.3 is 0 Å². The lowest BCUT2D eigenvalue weighted by Crippen LogP contribution is -2.46. The van der Waals surface area contributed by atoms with Gasteiger partial charge < -0.3 is 4.90 Å². The molecule has 0 atom stereocenters. The highest BCUT2D eigenvalue weighted by Crippen LogP contribution is 2.25. The van der Waals surface area contributed by atoms with Crippen molar-refractivity contribution in [1.29, 1.82) is 0 Å². The van der Waals surface area contributed by atoms with Crippen molar-refractivity contribution in [1.82, 2.24) is 9.62 Å². The maximum atomic E-state index is 13.7. The van der Waals surface area contributed by atoms with E-state index < -0.39 is 59.9 Å². The summed E-state index contributed by atoms with van der Waals surface area (Å²) in [5, 5.41) is -0.772. The molecule has 0 bridgehead atoms. The molecule has 0 radical (unpaired) electrons. The zero-order valence-electron chi connectivity index (χ0n) is 16.1. The van der Waals surface area contributed by atoms with Gasteiger partial charge in [-0.2, -0.15) is 0 Å². The lowest BCUT2D eigenvalue weighted by Gasteiger charge is -2.31. The van der Waals surface area contributed by atoms with E-state index in [2.05, 4.69) is 0 Å². The molecular weight excluding hydrogens is 457 g/mol. The molecule has 0 aromatic heterocycles. The van der Waals surface area contributed by atoms with Gasteiger partial charge in [-0.3, -0.25) is 4.79 Å². The van der Waals surface area contributed by atoms with Crippen molar-refractivity contribution in [2.45, 2.75) is 27.9 Å². The predicted molar refractivity (Wildman–Crippen MR) is 105 cm³/mol. The predicted octanol–water partition coefficient (Wildman–Crippen LogP) is 1.85. The first kappa shape index (κ1) is 23.2. The van der Waals surface area contributed by atoms with Gasteiger partial charge in [-0.25, -0.2) is 34.7 Å². The molecule has 7 nitrogen and oxygen atoms in total. The van der Waals surface area contributed by atoms with Crippen LogP contribution >= 0.6 is 0 Å². The van der Waals surface area contributed by atoms with Crippen molar-refractivity contribution in [2.75, 3.05) is 19.6 Å². The smallest absolute Gasteiger partial charge is 0.246 e. The van der Waals surface area contributed by atoms with E-state index in [1.807, 2.05) is 4.72 Å². The normalized spacial score (nSPS) is 15.8. The van der Waals surface area contributed by atoms with Gasteiger partial charge in [-0.15, -0.1) is 0 Å². The van der Waals surface area contributed by atoms with Gasteiger partial charge in [0.2, 0.25) is 15.9 Å². The summed E-state index contributed by atoms with van der Waals surface area (Å²) in [5.41, 5.74) is 0. The molecule has 2 aromatic carbocycles. The first-order valence-corrected chi connectivity index (χ1v) is 12.3. The SMILES string of the molecule is O=C(CNS(=O)(=O)c1c(F)cccc1F)N1CCC(S(=O)(=O)c2ccc(F)cc2)CC1. The third kappa shape index (κ3) is 5.08. The molecular formula is C19H19F3N2O5S2. The number of carbonyl (C=O) groups is 1. The molecule has 1 aliphatic heterocycles. The topological polar surface area (TPSA) is 101 Å². The summed E-state index contributed by atoms with van der Waals surface area (Å²) in [6.07, 6.45) is 0.223. The third-order valence-corrected chi connectivity index (χ3v) is 8.71. The molecule has 0 spiro atoms. The van der Waals surface area contributed by atoms with Crippen LogP contribution in [0.5, 0.6) is 0 Å². The van der Waals surface area contributed by atoms with Gasteiger partial charge in [0.05, 0.1) is 16.7 Å². The van der Waals surface area contributed by atoms with E-state index >= 15 is 0 Å². The zero-order valence-corrected chi connectivity index (χ0v) is 17.7. The van der Waals surface area contributed by atoms with Crippen LogP contribution in [0.3, 0.4) is 0 Å². The minimum absolute atomic E-state index is 0.0154. The first-order valence-electron chi connectivity index (χ1n) is 9.23. The molecule has 1 heterocycles. The van der Waals surface area contributed by atoms with Gasteiger partial charge in [0.25, 0.3) is 0 Å². The lowest BCUT2D eigenvalue weighted by atomic mass is 10.1. The summed E-state index contributed by atoms with van der Waals surface area (Å²) in [6, 6.07) is 7.04. The van der Waals surface area contributed by atoms with E-state index in [4.69, 9.17) is 0 Å². The van der Waals surface area contributed by atoms with Crippen LogP contribution in [-0.2, 0) is 24.7 Å². The molecule has 1 amide bonds. The molecule has 1 N–H and O–H groups in total. The second-order valence-electron chi connectivity index (χ2n) is 6.95. The number of hydrogen-bond donors (Lipinski definition) is 1. The summed E-state index contributed by atoms with van der Waals surface area (Å²) in [6.45, 7) is -0.620. The zero-order chi connectivity index (χ0) is 22.8. The summed E-state index contributed by atoms with van der Waals surface area (Å²) in [4.78, 5) is 12.4. The Morgan fingerprint density at radius 2 is 1.48 bits per heavy atom. The van der Waals surface area contributed by atoms with Crippen LogP contribution in [-0.4, -0.2) is 52.5 Å². The van der Waals surface area contributed by atoms with Crippen LogP contribution in [0.2, 0.25) is 0 Å². The van der Waals surface area contributed by atoms with Crippen LogP contribution < -0.4 is 4.72 Å². The highest BCUT2D eigenvalue weighted by Gasteiger charge is 2.33. The highest BCUT2D eigenvalue weighted by atomic mass is 32.2. The van der Waals surface area contributed by atoms with E-state index in [-0.39, 0.29) is 30.8 Å². The fourth-order valence-electron chi connectivity index (χ4n) is 3.31. The summed E-state index contributed by atoms with van der Waals surface area (Å²) >= 11 is 0. The molecule has 0 aliphatic carbocycles. The number of likely N-dealkylation sites (tertiary alicyclic amines) is 1. The monoisotopic (exact) mass is 476 g/mol. The Hall–Kier alpha value is -2.44.